The first-order valence-corrected chi connectivity index (χ1v) is 5.58. The molecule has 0 aromatic rings. The molecule has 1 aliphatic rings. The number of alkyl halides is 2. The summed E-state index contributed by atoms with van der Waals surface area (Å²) < 4.78 is 24.6. The van der Waals surface area contributed by atoms with Crippen molar-refractivity contribution in [3.05, 3.63) is 0 Å². The van der Waals surface area contributed by atoms with Crippen molar-refractivity contribution in [1.82, 2.24) is 4.90 Å². The minimum atomic E-state index is -2.27. The minimum Gasteiger partial charge on any atom is -0.326 e. The van der Waals surface area contributed by atoms with Crippen LogP contribution in [0.25, 0.3) is 0 Å². The van der Waals surface area contributed by atoms with Gasteiger partial charge < -0.3 is 5.73 Å². The van der Waals surface area contributed by atoms with Crippen molar-refractivity contribution < 1.29 is 8.78 Å². The van der Waals surface area contributed by atoms with Crippen molar-refractivity contribution in [2.24, 2.45) is 11.1 Å². The van der Waals surface area contributed by atoms with Crippen LogP contribution in [0.3, 0.4) is 0 Å². The highest BCUT2D eigenvalue weighted by atomic mass is 19.3. The largest absolute Gasteiger partial charge is 0.326 e. The highest BCUT2D eigenvalue weighted by Crippen LogP contribution is 2.36. The monoisotopic (exact) mass is 220 g/mol. The maximum atomic E-state index is 12.3. The third kappa shape index (κ3) is 3.11. The molecule has 2 N–H and O–H groups in total. The Bertz CT molecular complexity index is 207. The predicted octanol–water partition coefficient (Wildman–Crippen LogP) is 2.09. The van der Waals surface area contributed by atoms with Gasteiger partial charge in [-0.25, -0.2) is 8.78 Å². The van der Waals surface area contributed by atoms with Gasteiger partial charge in [0, 0.05) is 12.1 Å². The van der Waals surface area contributed by atoms with Crippen LogP contribution in [0.4, 0.5) is 8.78 Å². The van der Waals surface area contributed by atoms with Crippen LogP contribution in [0.1, 0.15) is 33.1 Å². The quantitative estimate of drug-likeness (QED) is 0.789. The molecule has 0 amide bonds. The van der Waals surface area contributed by atoms with E-state index in [4.69, 9.17) is 5.73 Å². The first-order valence-electron chi connectivity index (χ1n) is 5.58. The van der Waals surface area contributed by atoms with E-state index >= 15 is 0 Å². The summed E-state index contributed by atoms with van der Waals surface area (Å²) in [6, 6.07) is 0.0951. The van der Waals surface area contributed by atoms with E-state index in [1.54, 1.807) is 11.9 Å². The summed E-state index contributed by atoms with van der Waals surface area (Å²) in [7, 11) is 1.75. The number of nitrogens with two attached hydrogens (primary N) is 1. The highest BCUT2D eigenvalue weighted by Gasteiger charge is 2.38. The zero-order chi connectivity index (χ0) is 11.6. The van der Waals surface area contributed by atoms with Gasteiger partial charge >= 0.3 is 0 Å². The molecular weight excluding hydrogens is 198 g/mol. The summed E-state index contributed by atoms with van der Waals surface area (Å²) in [5.74, 6) is 0. The van der Waals surface area contributed by atoms with Gasteiger partial charge in [-0.2, -0.15) is 0 Å². The van der Waals surface area contributed by atoms with E-state index in [9.17, 15) is 8.78 Å². The molecule has 0 aliphatic heterocycles. The van der Waals surface area contributed by atoms with Gasteiger partial charge in [0.05, 0.1) is 6.54 Å². The van der Waals surface area contributed by atoms with Crippen LogP contribution in [0.5, 0.6) is 0 Å². The Labute approximate surface area is 90.8 Å². The molecule has 0 saturated heterocycles. The average molecular weight is 220 g/mol. The third-order valence-electron chi connectivity index (χ3n) is 3.63. The Morgan fingerprint density at radius 1 is 1.47 bits per heavy atom. The molecule has 1 rings (SSSR count). The Balaban J connectivity index is 2.60. The number of hydrogen-bond donors (Lipinski definition) is 1. The fraction of sp³-hybridized carbons (Fsp3) is 1.00. The number of halogens is 2. The molecule has 90 valence electrons. The zero-order valence-electron chi connectivity index (χ0n) is 9.84. The lowest BCUT2D eigenvalue weighted by molar-refractivity contribution is 0.0357. The fourth-order valence-corrected chi connectivity index (χ4v) is 2.48. The molecule has 0 bridgehead atoms. The molecule has 1 aliphatic carbocycles. The lowest BCUT2D eigenvalue weighted by Gasteiger charge is -2.45. The van der Waals surface area contributed by atoms with Crippen molar-refractivity contribution >= 4 is 0 Å². The lowest BCUT2D eigenvalue weighted by atomic mass is 9.71. The van der Waals surface area contributed by atoms with Gasteiger partial charge in [-0.3, -0.25) is 4.90 Å². The molecule has 2 nitrogen and oxygen atoms in total. The molecule has 0 spiro atoms. The highest BCUT2D eigenvalue weighted by molar-refractivity contribution is 4.95. The van der Waals surface area contributed by atoms with Crippen LogP contribution in [0.15, 0.2) is 0 Å². The van der Waals surface area contributed by atoms with E-state index in [1.807, 2.05) is 0 Å². The SMILES string of the molecule is CN(CC(F)F)C1CCCC(C)(C)C1N. The van der Waals surface area contributed by atoms with Gasteiger partial charge in [-0.1, -0.05) is 20.3 Å². The number of likely N-dealkylation sites (N-methyl/N-ethyl adjacent to an activating group) is 1. The number of rotatable bonds is 3. The minimum absolute atomic E-state index is 0.00463. The van der Waals surface area contributed by atoms with Gasteiger partial charge in [0.15, 0.2) is 0 Å². The van der Waals surface area contributed by atoms with E-state index in [-0.39, 0.29) is 24.0 Å². The lowest BCUT2D eigenvalue weighted by Crippen LogP contribution is -2.56. The second-order valence-electron chi connectivity index (χ2n) is 5.30. The molecule has 0 heterocycles. The molecule has 1 saturated carbocycles. The van der Waals surface area contributed by atoms with E-state index in [0.717, 1.165) is 19.3 Å². The second kappa shape index (κ2) is 4.74. The van der Waals surface area contributed by atoms with E-state index in [0.29, 0.717) is 0 Å². The molecule has 0 aromatic heterocycles. The molecule has 15 heavy (non-hydrogen) atoms. The van der Waals surface area contributed by atoms with Crippen LogP contribution in [0.2, 0.25) is 0 Å². The second-order valence-corrected chi connectivity index (χ2v) is 5.30. The van der Waals surface area contributed by atoms with Gasteiger partial charge in [0.1, 0.15) is 0 Å². The Morgan fingerprint density at radius 2 is 2.07 bits per heavy atom. The summed E-state index contributed by atoms with van der Waals surface area (Å²) >= 11 is 0. The van der Waals surface area contributed by atoms with Crippen molar-refractivity contribution in [3.63, 3.8) is 0 Å². The number of nitrogens with zero attached hydrogens (tertiary/aromatic N) is 1. The Hall–Kier alpha value is -0.220. The van der Waals surface area contributed by atoms with E-state index in [2.05, 4.69) is 13.8 Å². The average Bonchev–Trinajstić information content (AvgIpc) is 2.08. The Morgan fingerprint density at radius 3 is 2.60 bits per heavy atom. The van der Waals surface area contributed by atoms with Crippen molar-refractivity contribution in [3.8, 4) is 0 Å². The van der Waals surface area contributed by atoms with Crippen molar-refractivity contribution in [2.45, 2.75) is 51.6 Å². The van der Waals surface area contributed by atoms with Crippen LogP contribution >= 0.6 is 0 Å². The van der Waals surface area contributed by atoms with Gasteiger partial charge in [-0.05, 0) is 25.3 Å². The van der Waals surface area contributed by atoms with Gasteiger partial charge in [0.2, 0.25) is 0 Å². The van der Waals surface area contributed by atoms with Gasteiger partial charge in [-0.15, -0.1) is 0 Å². The van der Waals surface area contributed by atoms with Gasteiger partial charge in [0.25, 0.3) is 6.43 Å². The first kappa shape index (κ1) is 12.8. The van der Waals surface area contributed by atoms with Crippen LogP contribution in [-0.4, -0.2) is 37.0 Å². The molecule has 1 fully saturated rings. The van der Waals surface area contributed by atoms with Crippen LogP contribution in [0, 0.1) is 5.41 Å². The molecule has 2 unspecified atom stereocenters. The predicted molar refractivity (Wildman–Crippen MR) is 58.0 cm³/mol. The molecule has 0 radical (unpaired) electrons. The van der Waals surface area contributed by atoms with Crippen molar-refractivity contribution in [2.75, 3.05) is 13.6 Å². The summed E-state index contributed by atoms with van der Waals surface area (Å²) in [6.45, 7) is 4.08. The van der Waals surface area contributed by atoms with Crippen LogP contribution in [-0.2, 0) is 0 Å². The van der Waals surface area contributed by atoms with Crippen LogP contribution < -0.4 is 5.73 Å². The topological polar surface area (TPSA) is 29.3 Å². The first-order chi connectivity index (χ1) is 6.84. The molecular formula is C11H22F2N2. The molecule has 2 atom stereocenters. The van der Waals surface area contributed by atoms with E-state index < -0.39 is 6.43 Å². The summed E-state index contributed by atoms with van der Waals surface area (Å²) in [4.78, 5) is 1.72. The van der Waals surface area contributed by atoms with Crippen molar-refractivity contribution in [1.29, 1.82) is 0 Å². The number of hydrogen-bond acceptors (Lipinski definition) is 2. The standard InChI is InChI=1S/C11H22F2N2/c1-11(2)6-4-5-8(10(11)14)15(3)7-9(12)13/h8-10H,4-7,14H2,1-3H3. The maximum Gasteiger partial charge on any atom is 0.251 e. The molecule has 0 aromatic carbocycles. The normalized spacial score (nSPS) is 31.2. The molecule has 4 heteroatoms. The van der Waals surface area contributed by atoms with E-state index in [1.165, 1.54) is 0 Å². The smallest absolute Gasteiger partial charge is 0.251 e. The summed E-state index contributed by atoms with van der Waals surface area (Å²) in [6.07, 6.45) is 0.840. The zero-order valence-corrected chi connectivity index (χ0v) is 9.84. The Kier molecular flexibility index (Phi) is 4.06. The third-order valence-corrected chi connectivity index (χ3v) is 3.63. The summed E-state index contributed by atoms with van der Waals surface area (Å²) in [5, 5.41) is 0. The maximum absolute atomic E-state index is 12.3. The fourth-order valence-electron chi connectivity index (χ4n) is 2.48. The summed E-state index contributed by atoms with van der Waals surface area (Å²) in [5.41, 5.74) is 6.22.